The summed E-state index contributed by atoms with van der Waals surface area (Å²) >= 11 is 0. The van der Waals surface area contributed by atoms with Crippen molar-refractivity contribution in [3.05, 3.63) is 97.2 Å². The first-order valence-electron chi connectivity index (χ1n) is 27.3. The molecule has 0 aromatic rings. The summed E-state index contributed by atoms with van der Waals surface area (Å²) in [5.41, 5.74) is 0. The third-order valence-corrected chi connectivity index (χ3v) is 11.5. The molecule has 0 bridgehead atoms. The Morgan fingerprint density at radius 1 is 0.318 bits per heavy atom. The molecule has 0 saturated carbocycles. The molecule has 0 aliphatic heterocycles. The predicted molar refractivity (Wildman–Crippen MR) is 284 cm³/mol. The van der Waals surface area contributed by atoms with Gasteiger partial charge in [-0.05, 0) is 64.2 Å². The molecule has 0 aromatic heterocycles. The molecule has 6 heteroatoms. The Balaban J connectivity index is 4.47. The van der Waals surface area contributed by atoms with E-state index in [4.69, 9.17) is 14.2 Å². The molecular weight excluding hydrogens is 817 g/mol. The van der Waals surface area contributed by atoms with E-state index in [1.807, 2.05) is 36.5 Å². The normalized spacial score (nSPS) is 12.8. The van der Waals surface area contributed by atoms with E-state index in [2.05, 4.69) is 81.5 Å². The van der Waals surface area contributed by atoms with Crippen LogP contribution in [0.2, 0.25) is 0 Å². The standard InChI is InChI=1S/C60H100O6/c1-4-7-10-13-16-19-22-25-27-29-31-32-35-38-41-44-47-50-53-59(62)65-56-57(55-64-58(61)52-49-46-43-40-37-34-24-21-18-15-12-9-6-3)66-60(63)54-51-48-45-42-39-36-33-30-28-26-23-20-17-14-11-8-5-2/h9,12,15-16,18-19,21-22,24-25,27,29,31-32,34,37,57H,4-8,10-11,13-14,17,20,23,26,28,30,33,35-36,38-56H2,1-3H3/b12-9+,18-15+,19-16+,24-21+,25-22+,29-27+,32-31+,37-34+. The van der Waals surface area contributed by atoms with E-state index in [1.165, 1.54) is 109 Å². The number of rotatable bonds is 48. The molecule has 1 unspecified atom stereocenters. The predicted octanol–water partition coefficient (Wildman–Crippen LogP) is 18.1. The Bertz CT molecular complexity index is 1330. The fourth-order valence-corrected chi connectivity index (χ4v) is 7.41. The molecule has 0 amide bonds. The van der Waals surface area contributed by atoms with Crippen molar-refractivity contribution in [3.63, 3.8) is 0 Å². The quantitative estimate of drug-likeness (QED) is 0.0262. The lowest BCUT2D eigenvalue weighted by atomic mass is 10.0. The molecular formula is C60H100O6. The highest BCUT2D eigenvalue weighted by Gasteiger charge is 2.19. The molecule has 0 aliphatic rings. The van der Waals surface area contributed by atoms with Crippen molar-refractivity contribution in [2.45, 2.75) is 252 Å². The van der Waals surface area contributed by atoms with Crippen molar-refractivity contribution in [1.29, 1.82) is 0 Å². The van der Waals surface area contributed by atoms with E-state index < -0.39 is 6.10 Å². The van der Waals surface area contributed by atoms with Crippen molar-refractivity contribution in [1.82, 2.24) is 0 Å². The Morgan fingerprint density at radius 3 is 0.970 bits per heavy atom. The second-order valence-electron chi connectivity index (χ2n) is 17.9. The van der Waals surface area contributed by atoms with Gasteiger partial charge in [0.25, 0.3) is 0 Å². The molecule has 0 aromatic carbocycles. The summed E-state index contributed by atoms with van der Waals surface area (Å²) in [4.78, 5) is 38.1. The largest absolute Gasteiger partial charge is 0.462 e. The van der Waals surface area contributed by atoms with Gasteiger partial charge in [0.1, 0.15) is 13.2 Å². The minimum Gasteiger partial charge on any atom is -0.462 e. The van der Waals surface area contributed by atoms with Crippen molar-refractivity contribution in [2.75, 3.05) is 13.2 Å². The van der Waals surface area contributed by atoms with Crippen LogP contribution in [0.1, 0.15) is 245 Å². The zero-order valence-electron chi connectivity index (χ0n) is 42.9. The summed E-state index contributed by atoms with van der Waals surface area (Å²) in [6.07, 6.45) is 71.0. The van der Waals surface area contributed by atoms with Crippen LogP contribution in [0.5, 0.6) is 0 Å². The molecule has 0 saturated heterocycles. The highest BCUT2D eigenvalue weighted by Crippen LogP contribution is 2.16. The van der Waals surface area contributed by atoms with E-state index in [1.54, 1.807) is 0 Å². The number of ether oxygens (including phenoxy) is 3. The van der Waals surface area contributed by atoms with Crippen LogP contribution in [-0.2, 0) is 28.6 Å². The molecule has 1 atom stereocenters. The average molecular weight is 917 g/mol. The number of carbonyl (C=O) groups is 3. The molecule has 0 aliphatic carbocycles. The number of allylic oxidation sites excluding steroid dienone is 16. The van der Waals surface area contributed by atoms with Crippen molar-refractivity contribution < 1.29 is 28.6 Å². The monoisotopic (exact) mass is 917 g/mol. The molecule has 66 heavy (non-hydrogen) atoms. The smallest absolute Gasteiger partial charge is 0.306 e. The van der Waals surface area contributed by atoms with Gasteiger partial charge in [-0.2, -0.15) is 0 Å². The summed E-state index contributed by atoms with van der Waals surface area (Å²) in [7, 11) is 0. The zero-order valence-corrected chi connectivity index (χ0v) is 42.9. The van der Waals surface area contributed by atoms with Gasteiger partial charge in [0.2, 0.25) is 0 Å². The van der Waals surface area contributed by atoms with E-state index in [0.29, 0.717) is 19.3 Å². The number of hydrogen-bond donors (Lipinski definition) is 0. The van der Waals surface area contributed by atoms with Crippen LogP contribution in [0.4, 0.5) is 0 Å². The summed E-state index contributed by atoms with van der Waals surface area (Å²) in [5, 5.41) is 0. The lowest BCUT2D eigenvalue weighted by Crippen LogP contribution is -2.30. The topological polar surface area (TPSA) is 78.9 Å². The zero-order chi connectivity index (χ0) is 47.9. The molecule has 0 N–H and O–H groups in total. The Hall–Kier alpha value is -3.67. The van der Waals surface area contributed by atoms with Crippen LogP contribution in [0.3, 0.4) is 0 Å². The maximum absolute atomic E-state index is 12.8. The fourth-order valence-electron chi connectivity index (χ4n) is 7.41. The SMILES string of the molecule is CC/C=C/C=C/C=C/C=C/CCCCCC(=O)OCC(COC(=O)CCCCCCC/C=C/C=C/C=C/C=C/CCCCC)OC(=O)CCCCCCCCCCCCCCCCCCC. The van der Waals surface area contributed by atoms with Gasteiger partial charge < -0.3 is 14.2 Å². The molecule has 0 fully saturated rings. The average Bonchev–Trinajstić information content (AvgIpc) is 3.31. The highest BCUT2D eigenvalue weighted by molar-refractivity contribution is 5.71. The summed E-state index contributed by atoms with van der Waals surface area (Å²) in [6.45, 7) is 6.41. The maximum Gasteiger partial charge on any atom is 0.306 e. The first-order valence-corrected chi connectivity index (χ1v) is 27.3. The van der Waals surface area contributed by atoms with Gasteiger partial charge in [0.05, 0.1) is 0 Å². The van der Waals surface area contributed by atoms with Gasteiger partial charge in [-0.25, -0.2) is 0 Å². The van der Waals surface area contributed by atoms with E-state index in [9.17, 15) is 14.4 Å². The van der Waals surface area contributed by atoms with Crippen LogP contribution in [0.25, 0.3) is 0 Å². The van der Waals surface area contributed by atoms with Gasteiger partial charge in [0.15, 0.2) is 6.10 Å². The van der Waals surface area contributed by atoms with Gasteiger partial charge >= 0.3 is 17.9 Å². The summed E-state index contributed by atoms with van der Waals surface area (Å²) in [6, 6.07) is 0. The van der Waals surface area contributed by atoms with Gasteiger partial charge in [-0.15, -0.1) is 0 Å². The number of hydrogen-bond acceptors (Lipinski definition) is 6. The fraction of sp³-hybridized carbons (Fsp3) is 0.683. The first-order chi connectivity index (χ1) is 32.5. The molecule has 0 heterocycles. The van der Waals surface area contributed by atoms with Crippen LogP contribution < -0.4 is 0 Å². The minimum absolute atomic E-state index is 0.102. The maximum atomic E-state index is 12.8. The van der Waals surface area contributed by atoms with Crippen molar-refractivity contribution in [3.8, 4) is 0 Å². The van der Waals surface area contributed by atoms with E-state index >= 15 is 0 Å². The summed E-state index contributed by atoms with van der Waals surface area (Å²) < 4.78 is 16.8. The molecule has 376 valence electrons. The molecule has 0 rings (SSSR count). The Morgan fingerprint density at radius 2 is 0.591 bits per heavy atom. The van der Waals surface area contributed by atoms with Gasteiger partial charge in [-0.3, -0.25) is 14.4 Å². The lowest BCUT2D eigenvalue weighted by molar-refractivity contribution is -0.167. The Labute approximate surface area is 407 Å². The van der Waals surface area contributed by atoms with E-state index in [-0.39, 0.29) is 31.1 Å². The van der Waals surface area contributed by atoms with Crippen LogP contribution >= 0.6 is 0 Å². The number of esters is 3. The first kappa shape index (κ1) is 62.3. The number of unbranched alkanes of at least 4 members (excludes halogenated alkanes) is 27. The number of carbonyl (C=O) groups excluding carboxylic acids is 3. The van der Waals surface area contributed by atoms with E-state index in [0.717, 1.165) is 96.3 Å². The molecule has 6 nitrogen and oxygen atoms in total. The van der Waals surface area contributed by atoms with Gasteiger partial charge in [0, 0.05) is 19.3 Å². The van der Waals surface area contributed by atoms with Crippen molar-refractivity contribution >= 4 is 17.9 Å². The minimum atomic E-state index is -0.803. The molecule has 0 spiro atoms. The van der Waals surface area contributed by atoms with Crippen LogP contribution in [0, 0.1) is 0 Å². The molecule has 0 radical (unpaired) electrons. The van der Waals surface area contributed by atoms with Gasteiger partial charge in [-0.1, -0.05) is 259 Å². The van der Waals surface area contributed by atoms with Crippen molar-refractivity contribution in [2.24, 2.45) is 0 Å². The second kappa shape index (κ2) is 53.9. The van der Waals surface area contributed by atoms with Crippen LogP contribution in [-0.4, -0.2) is 37.2 Å². The highest BCUT2D eigenvalue weighted by atomic mass is 16.6. The second-order valence-corrected chi connectivity index (χ2v) is 17.9. The lowest BCUT2D eigenvalue weighted by Gasteiger charge is -2.18. The summed E-state index contributed by atoms with van der Waals surface area (Å²) in [5.74, 6) is -0.959. The van der Waals surface area contributed by atoms with Crippen LogP contribution in [0.15, 0.2) is 97.2 Å². The Kier molecular flexibility index (Phi) is 50.9. The third kappa shape index (κ3) is 51.3. The third-order valence-electron chi connectivity index (χ3n) is 11.5.